The van der Waals surface area contributed by atoms with Crippen molar-refractivity contribution < 1.29 is 0 Å². The lowest BCUT2D eigenvalue weighted by atomic mass is 9.75. The molecule has 0 spiro atoms. The molecule has 0 saturated heterocycles. The van der Waals surface area contributed by atoms with Crippen molar-refractivity contribution in [3.8, 4) is 0 Å². The maximum absolute atomic E-state index is 2.43. The van der Waals surface area contributed by atoms with E-state index in [2.05, 4.69) is 46.8 Å². The van der Waals surface area contributed by atoms with E-state index in [-0.39, 0.29) is 0 Å². The summed E-state index contributed by atoms with van der Waals surface area (Å²) in [6, 6.07) is 4.85. The Kier molecular flexibility index (Phi) is 6.71. The summed E-state index contributed by atoms with van der Waals surface area (Å²) in [5.41, 5.74) is 7.06. The van der Waals surface area contributed by atoms with Gasteiger partial charge in [-0.25, -0.2) is 0 Å². The summed E-state index contributed by atoms with van der Waals surface area (Å²) in [7, 11) is 0. The second-order valence-corrected chi connectivity index (χ2v) is 7.64. The second-order valence-electron chi connectivity index (χ2n) is 7.64. The summed E-state index contributed by atoms with van der Waals surface area (Å²) in [5.74, 6) is 2.43. The Morgan fingerprint density at radius 1 is 0.864 bits per heavy atom. The van der Waals surface area contributed by atoms with Gasteiger partial charge >= 0.3 is 0 Å². The first-order chi connectivity index (χ1) is 10.4. The third-order valence-corrected chi connectivity index (χ3v) is 5.00. The molecule has 1 aromatic rings. The Morgan fingerprint density at radius 2 is 1.36 bits per heavy atom. The zero-order valence-corrected chi connectivity index (χ0v) is 16.5. The van der Waals surface area contributed by atoms with Crippen molar-refractivity contribution >= 4 is 0 Å². The van der Waals surface area contributed by atoms with E-state index in [1.807, 2.05) is 27.7 Å². The highest BCUT2D eigenvalue weighted by molar-refractivity contribution is 5.53. The Balaban J connectivity index is 0.000000561. The summed E-state index contributed by atoms with van der Waals surface area (Å²) < 4.78 is 0. The Hall–Kier alpha value is -0.780. The fourth-order valence-electron chi connectivity index (χ4n) is 4.21. The molecule has 3 rings (SSSR count). The van der Waals surface area contributed by atoms with Crippen LogP contribution in [0.15, 0.2) is 12.1 Å². The van der Waals surface area contributed by atoms with Crippen LogP contribution in [0.1, 0.15) is 122 Å². The molecule has 0 amide bonds. The Labute approximate surface area is 139 Å². The van der Waals surface area contributed by atoms with Crippen LogP contribution in [-0.4, -0.2) is 0 Å². The van der Waals surface area contributed by atoms with Crippen molar-refractivity contribution in [1.82, 2.24) is 0 Å². The molecule has 126 valence electrons. The number of benzene rings is 1. The number of hydrogen-bond donors (Lipinski definition) is 0. The smallest absolute Gasteiger partial charge is 0.0129 e. The lowest BCUT2D eigenvalue weighted by Gasteiger charge is -2.30. The molecule has 0 nitrogen and oxygen atoms in total. The van der Waals surface area contributed by atoms with Gasteiger partial charge < -0.3 is 0 Å². The molecule has 0 heteroatoms. The predicted octanol–water partition coefficient (Wildman–Crippen LogP) is 7.52. The first-order valence-electron chi connectivity index (χ1n) is 9.56. The minimum Gasteiger partial charge on any atom is -0.0683 e. The maximum Gasteiger partial charge on any atom is -0.0129 e. The van der Waals surface area contributed by atoms with Crippen LogP contribution >= 0.6 is 0 Å². The first kappa shape index (κ1) is 19.3. The molecule has 1 aromatic carbocycles. The highest BCUT2D eigenvalue weighted by Gasteiger charge is 2.41. The highest BCUT2D eigenvalue weighted by atomic mass is 14.5. The van der Waals surface area contributed by atoms with E-state index >= 15 is 0 Å². The van der Waals surface area contributed by atoms with E-state index in [0.717, 1.165) is 11.8 Å². The molecule has 2 bridgehead atoms. The minimum absolute atomic E-state index is 0.296. The molecule has 0 aromatic heterocycles. The molecular formula is C22H38. The summed E-state index contributed by atoms with van der Waals surface area (Å²) in [5, 5.41) is 0. The van der Waals surface area contributed by atoms with Crippen LogP contribution in [0.25, 0.3) is 0 Å². The van der Waals surface area contributed by atoms with E-state index in [1.54, 1.807) is 22.3 Å². The van der Waals surface area contributed by atoms with Gasteiger partial charge in [-0.15, -0.1) is 0 Å². The molecular weight excluding hydrogens is 264 g/mol. The predicted molar refractivity (Wildman–Crippen MR) is 101 cm³/mol. The van der Waals surface area contributed by atoms with Gasteiger partial charge in [-0.1, -0.05) is 74.4 Å². The van der Waals surface area contributed by atoms with Crippen molar-refractivity contribution in [2.24, 2.45) is 0 Å². The van der Waals surface area contributed by atoms with Crippen LogP contribution in [-0.2, 0) is 5.41 Å². The van der Waals surface area contributed by atoms with Gasteiger partial charge in [0, 0.05) is 0 Å². The number of hydrogen-bond acceptors (Lipinski definition) is 0. The SMILES string of the molecule is CC.CC.CC(C)c1ccc(C(C)(C)C)c2c1C1CCC2C1. The van der Waals surface area contributed by atoms with Gasteiger partial charge in [-0.05, 0) is 64.7 Å². The Morgan fingerprint density at radius 3 is 1.82 bits per heavy atom. The lowest BCUT2D eigenvalue weighted by molar-refractivity contribution is 0.568. The maximum atomic E-state index is 2.43. The first-order valence-corrected chi connectivity index (χ1v) is 9.56. The Bertz CT molecular complexity index is 474. The normalized spacial score (nSPS) is 21.7. The van der Waals surface area contributed by atoms with E-state index in [4.69, 9.17) is 0 Å². The topological polar surface area (TPSA) is 0 Å². The van der Waals surface area contributed by atoms with Gasteiger partial charge in [0.1, 0.15) is 0 Å². The number of fused-ring (bicyclic) bond motifs is 5. The molecule has 2 aliphatic carbocycles. The molecule has 1 saturated carbocycles. The zero-order valence-electron chi connectivity index (χ0n) is 16.5. The molecule has 2 aliphatic rings. The van der Waals surface area contributed by atoms with Gasteiger partial charge in [0.15, 0.2) is 0 Å². The van der Waals surface area contributed by atoms with Crippen molar-refractivity contribution in [1.29, 1.82) is 0 Å². The van der Waals surface area contributed by atoms with Crippen LogP contribution in [0, 0.1) is 0 Å². The zero-order chi connectivity index (χ0) is 17.1. The molecule has 0 radical (unpaired) electrons. The number of rotatable bonds is 1. The molecule has 2 atom stereocenters. The van der Waals surface area contributed by atoms with Crippen LogP contribution in [0.4, 0.5) is 0 Å². The largest absolute Gasteiger partial charge is 0.0683 e. The molecule has 2 unspecified atom stereocenters. The van der Waals surface area contributed by atoms with Gasteiger partial charge in [0.2, 0.25) is 0 Å². The summed E-state index contributed by atoms with van der Waals surface area (Å²) in [6.07, 6.45) is 4.30. The fourth-order valence-corrected chi connectivity index (χ4v) is 4.21. The van der Waals surface area contributed by atoms with Crippen LogP contribution in [0.2, 0.25) is 0 Å². The molecule has 0 aliphatic heterocycles. The second kappa shape index (κ2) is 7.66. The average molecular weight is 303 g/mol. The van der Waals surface area contributed by atoms with E-state index in [0.29, 0.717) is 11.3 Å². The van der Waals surface area contributed by atoms with Crippen LogP contribution in [0.3, 0.4) is 0 Å². The van der Waals surface area contributed by atoms with Gasteiger partial charge in [-0.3, -0.25) is 0 Å². The van der Waals surface area contributed by atoms with Gasteiger partial charge in [0.25, 0.3) is 0 Å². The molecule has 22 heavy (non-hydrogen) atoms. The third kappa shape index (κ3) is 3.42. The monoisotopic (exact) mass is 302 g/mol. The van der Waals surface area contributed by atoms with Crippen LogP contribution in [0.5, 0.6) is 0 Å². The van der Waals surface area contributed by atoms with Crippen molar-refractivity contribution in [3.05, 3.63) is 34.4 Å². The quantitative estimate of drug-likeness (QED) is 0.503. The summed E-state index contributed by atoms with van der Waals surface area (Å²) in [6.45, 7) is 19.8. The average Bonchev–Trinajstić information content (AvgIpc) is 3.11. The van der Waals surface area contributed by atoms with E-state index < -0.39 is 0 Å². The standard InChI is InChI=1S/C18H26.2C2H6/c1-11(2)14-8-9-15(18(3,4)5)17-13-7-6-12(10-13)16(14)17;2*1-2/h8-9,11-13H,6-7,10H2,1-5H3;2*1-2H3. The van der Waals surface area contributed by atoms with Gasteiger partial charge in [0.05, 0.1) is 0 Å². The van der Waals surface area contributed by atoms with E-state index in [9.17, 15) is 0 Å². The van der Waals surface area contributed by atoms with Crippen LogP contribution < -0.4 is 0 Å². The molecule has 1 fully saturated rings. The van der Waals surface area contributed by atoms with Gasteiger partial charge in [-0.2, -0.15) is 0 Å². The van der Waals surface area contributed by atoms with E-state index in [1.165, 1.54) is 19.3 Å². The molecule has 0 N–H and O–H groups in total. The summed E-state index contributed by atoms with van der Waals surface area (Å²) in [4.78, 5) is 0. The van der Waals surface area contributed by atoms with Crippen molar-refractivity contribution in [2.45, 2.75) is 105 Å². The highest BCUT2D eigenvalue weighted by Crippen LogP contribution is 2.57. The van der Waals surface area contributed by atoms with Crippen molar-refractivity contribution in [3.63, 3.8) is 0 Å². The van der Waals surface area contributed by atoms with Crippen molar-refractivity contribution in [2.75, 3.05) is 0 Å². The lowest BCUT2D eigenvalue weighted by Crippen LogP contribution is -2.17. The molecule has 0 heterocycles. The third-order valence-electron chi connectivity index (χ3n) is 5.00. The summed E-state index contributed by atoms with van der Waals surface area (Å²) >= 11 is 0. The fraction of sp³-hybridized carbons (Fsp3) is 0.727. The minimum atomic E-state index is 0.296.